The lowest BCUT2D eigenvalue weighted by Gasteiger charge is -2.37. The first-order valence-electron chi connectivity index (χ1n) is 11.4. The van der Waals surface area contributed by atoms with Crippen LogP contribution in [0.3, 0.4) is 0 Å². The zero-order valence-electron chi connectivity index (χ0n) is 18.7. The van der Waals surface area contributed by atoms with Crippen LogP contribution >= 0.6 is 7.29 Å². The van der Waals surface area contributed by atoms with Gasteiger partial charge in [-0.1, -0.05) is 72.8 Å². The van der Waals surface area contributed by atoms with Crippen LogP contribution in [-0.4, -0.2) is 7.11 Å². The van der Waals surface area contributed by atoms with Crippen LogP contribution in [0.15, 0.2) is 109 Å². The van der Waals surface area contributed by atoms with Gasteiger partial charge in [0.05, 0.1) is 7.11 Å². The minimum atomic E-state index is -3.10. The van der Waals surface area contributed by atoms with Crippen molar-refractivity contribution in [1.29, 1.82) is 0 Å². The van der Waals surface area contributed by atoms with E-state index in [1.807, 2.05) is 72.8 Å². The Hall–Kier alpha value is -3.13. The summed E-state index contributed by atoms with van der Waals surface area (Å²) in [6.45, 7) is 0. The van der Waals surface area contributed by atoms with E-state index in [-0.39, 0.29) is 12.0 Å². The van der Waals surface area contributed by atoms with Crippen molar-refractivity contribution in [2.75, 3.05) is 7.11 Å². The normalized spacial score (nSPS) is 17.8. The Kier molecular flexibility index (Phi) is 6.17. The molecule has 0 aromatic heterocycles. The van der Waals surface area contributed by atoms with Gasteiger partial charge in [-0.25, -0.2) is 0 Å². The van der Waals surface area contributed by atoms with Gasteiger partial charge in [0.1, 0.15) is 5.75 Å². The molecule has 33 heavy (non-hydrogen) atoms. The molecule has 0 unspecified atom stereocenters. The minimum absolute atomic E-state index is 0.0745. The van der Waals surface area contributed by atoms with Gasteiger partial charge in [0.2, 0.25) is 7.29 Å². The summed E-state index contributed by atoms with van der Waals surface area (Å²) in [6, 6.07) is 36.5. The summed E-state index contributed by atoms with van der Waals surface area (Å²) in [4.78, 5) is 0. The molecule has 0 fully saturated rings. The third kappa shape index (κ3) is 4.27. The second-order valence-corrected chi connectivity index (χ2v) is 11.0. The van der Waals surface area contributed by atoms with E-state index in [0.717, 1.165) is 29.2 Å². The number of rotatable bonds is 6. The van der Waals surface area contributed by atoms with E-state index in [9.17, 15) is 4.57 Å². The van der Waals surface area contributed by atoms with Gasteiger partial charge >= 0.3 is 0 Å². The first kappa shape index (κ1) is 21.7. The van der Waals surface area contributed by atoms with Gasteiger partial charge in [0.15, 0.2) is 0 Å². The van der Waals surface area contributed by atoms with Gasteiger partial charge in [-0.3, -0.25) is 9.65 Å². The molecule has 1 N–H and O–H groups in total. The molecule has 0 bridgehead atoms. The van der Waals surface area contributed by atoms with Crippen LogP contribution in [-0.2, 0) is 11.0 Å². The summed E-state index contributed by atoms with van der Waals surface area (Å²) in [6.07, 6.45) is 2.00. The smallest absolute Gasteiger partial charge is 0.205 e. The molecule has 0 radical (unpaired) electrons. The second-order valence-electron chi connectivity index (χ2n) is 8.50. The Morgan fingerprint density at radius 2 is 1.33 bits per heavy atom. The van der Waals surface area contributed by atoms with Crippen LogP contribution in [0.2, 0.25) is 0 Å². The van der Waals surface area contributed by atoms with Gasteiger partial charge in [0, 0.05) is 22.6 Å². The van der Waals surface area contributed by atoms with E-state index < -0.39 is 7.29 Å². The second kappa shape index (κ2) is 9.39. The average molecular weight is 454 g/mol. The summed E-state index contributed by atoms with van der Waals surface area (Å²) in [5.41, 5.74) is 3.79. The lowest BCUT2D eigenvalue weighted by molar-refractivity contribution is 0.413. The molecule has 0 amide bonds. The number of ether oxygens (including phenoxy) is 1. The molecule has 0 heterocycles. The van der Waals surface area contributed by atoms with Crippen molar-refractivity contribution in [1.82, 2.24) is 5.09 Å². The molecule has 0 saturated carbocycles. The highest BCUT2D eigenvalue weighted by atomic mass is 31.2. The maximum absolute atomic E-state index is 14.8. The SMILES string of the molecule is COc1ccc([C@H]2CCc3ccccc3[C@H]2NP(=O)(c2ccccc2)c2ccccc2)cc1. The minimum Gasteiger partial charge on any atom is -0.497 e. The number of hydrogen-bond acceptors (Lipinski definition) is 2. The van der Waals surface area contributed by atoms with E-state index in [1.54, 1.807) is 7.11 Å². The standard InChI is InChI=1S/C29H28NO2P/c1-32-24-19-16-23(17-20-24)28-21-18-22-10-8-9-15-27(22)29(28)30-33(31,25-11-4-2-5-12-25)26-13-6-3-7-14-26/h2-17,19-20,28-29H,18,21H2,1H3,(H,30,31)/t28-,29-/m1/s1. The van der Waals surface area contributed by atoms with Gasteiger partial charge in [-0.2, -0.15) is 0 Å². The molecule has 4 aromatic carbocycles. The quantitative estimate of drug-likeness (QED) is 0.365. The van der Waals surface area contributed by atoms with E-state index in [4.69, 9.17) is 4.74 Å². The molecule has 0 spiro atoms. The molecule has 1 aliphatic rings. The molecule has 166 valence electrons. The first-order valence-corrected chi connectivity index (χ1v) is 13.1. The molecule has 0 saturated heterocycles. The van der Waals surface area contributed by atoms with Crippen molar-refractivity contribution in [2.24, 2.45) is 0 Å². The van der Waals surface area contributed by atoms with Gasteiger partial charge in [-0.05, 0) is 65.9 Å². The van der Waals surface area contributed by atoms with Crippen molar-refractivity contribution in [3.05, 3.63) is 126 Å². The predicted molar refractivity (Wildman–Crippen MR) is 136 cm³/mol. The first-order chi connectivity index (χ1) is 16.2. The summed E-state index contributed by atoms with van der Waals surface area (Å²) in [5.74, 6) is 1.05. The molecule has 1 aliphatic carbocycles. The Labute approximate surface area is 195 Å². The molecule has 5 rings (SSSR count). The molecule has 2 atom stereocenters. The third-order valence-electron chi connectivity index (χ3n) is 6.62. The van der Waals surface area contributed by atoms with Crippen LogP contribution in [0.5, 0.6) is 5.75 Å². The fourth-order valence-electron chi connectivity index (χ4n) is 4.90. The van der Waals surface area contributed by atoms with E-state index >= 15 is 0 Å². The van der Waals surface area contributed by atoms with Crippen molar-refractivity contribution < 1.29 is 9.30 Å². The lowest BCUT2D eigenvalue weighted by atomic mass is 9.77. The average Bonchev–Trinajstić information content (AvgIpc) is 2.90. The molecule has 4 heteroatoms. The Balaban J connectivity index is 1.63. The zero-order valence-corrected chi connectivity index (χ0v) is 19.6. The number of aryl methyl sites for hydroxylation is 1. The van der Waals surface area contributed by atoms with Crippen molar-refractivity contribution >= 4 is 17.9 Å². The number of benzene rings is 4. The molecule has 3 nitrogen and oxygen atoms in total. The number of methoxy groups -OCH3 is 1. The number of fused-ring (bicyclic) bond motifs is 1. The summed E-state index contributed by atoms with van der Waals surface area (Å²) < 4.78 is 20.2. The maximum Gasteiger partial charge on any atom is 0.205 e. The maximum atomic E-state index is 14.8. The Bertz CT molecular complexity index is 1210. The largest absolute Gasteiger partial charge is 0.497 e. The summed E-state index contributed by atoms with van der Waals surface area (Å²) in [5, 5.41) is 5.38. The van der Waals surface area contributed by atoms with Gasteiger partial charge < -0.3 is 4.74 Å². The molecule has 0 aliphatic heterocycles. The zero-order chi connectivity index (χ0) is 22.7. The van der Waals surface area contributed by atoms with Crippen molar-refractivity contribution in [3.8, 4) is 5.75 Å². The van der Waals surface area contributed by atoms with E-state index in [0.29, 0.717) is 0 Å². The van der Waals surface area contributed by atoms with Crippen molar-refractivity contribution in [3.63, 3.8) is 0 Å². The van der Waals surface area contributed by atoms with Gasteiger partial charge in [0.25, 0.3) is 0 Å². The lowest BCUT2D eigenvalue weighted by Crippen LogP contribution is -2.35. The summed E-state index contributed by atoms with van der Waals surface area (Å²) >= 11 is 0. The Morgan fingerprint density at radius 3 is 1.94 bits per heavy atom. The van der Waals surface area contributed by atoms with Crippen LogP contribution in [0, 0.1) is 0 Å². The molecule has 4 aromatic rings. The van der Waals surface area contributed by atoms with Gasteiger partial charge in [-0.15, -0.1) is 0 Å². The highest BCUT2D eigenvalue weighted by Crippen LogP contribution is 2.49. The topological polar surface area (TPSA) is 38.3 Å². The van der Waals surface area contributed by atoms with Crippen molar-refractivity contribution in [2.45, 2.75) is 24.8 Å². The van der Waals surface area contributed by atoms with Crippen LogP contribution in [0.25, 0.3) is 0 Å². The number of nitrogens with one attached hydrogen (secondary N) is 1. The fourth-order valence-corrected chi connectivity index (χ4v) is 7.39. The Morgan fingerprint density at radius 1 is 0.758 bits per heavy atom. The van der Waals surface area contributed by atoms with E-state index in [1.165, 1.54) is 16.7 Å². The highest BCUT2D eigenvalue weighted by Gasteiger charge is 2.37. The molecular formula is C29H28NO2P. The predicted octanol–water partition coefficient (Wildman–Crippen LogP) is 5.99. The fraction of sp³-hybridized carbons (Fsp3) is 0.172. The van der Waals surface area contributed by atoms with Crippen LogP contribution in [0.4, 0.5) is 0 Å². The van der Waals surface area contributed by atoms with E-state index in [2.05, 4.69) is 41.5 Å². The number of hydrogen-bond donors (Lipinski definition) is 1. The molecular weight excluding hydrogens is 425 g/mol. The third-order valence-corrected chi connectivity index (χ3v) is 9.31. The summed E-state index contributed by atoms with van der Waals surface area (Å²) in [7, 11) is -1.41. The monoisotopic (exact) mass is 453 g/mol. The van der Waals surface area contributed by atoms with Crippen LogP contribution in [0.1, 0.15) is 35.1 Å². The highest BCUT2D eigenvalue weighted by molar-refractivity contribution is 7.76. The van der Waals surface area contributed by atoms with Crippen LogP contribution < -0.4 is 20.4 Å².